The van der Waals surface area contributed by atoms with Crippen LogP contribution in [0.2, 0.25) is 5.02 Å². The molecule has 1 aromatic heterocycles. The van der Waals surface area contributed by atoms with Crippen LogP contribution >= 0.6 is 11.6 Å². The van der Waals surface area contributed by atoms with Gasteiger partial charge in [0.25, 0.3) is 5.91 Å². The maximum absolute atomic E-state index is 13.5. The molecule has 0 bridgehead atoms. The molecule has 0 atom stereocenters. The first kappa shape index (κ1) is 17.2. The largest absolute Gasteiger partial charge is 0.268 e. The van der Waals surface area contributed by atoms with Gasteiger partial charge in [0.15, 0.2) is 0 Å². The number of aryl methyl sites for hydroxylation is 1. The van der Waals surface area contributed by atoms with Crippen molar-refractivity contribution in [2.24, 2.45) is 0 Å². The lowest BCUT2D eigenvalue weighted by Crippen LogP contribution is -2.14. The Labute approximate surface area is 168 Å². The normalized spacial score (nSPS) is 13.5. The SMILES string of the molecule is O=C(c1ccccc1)n1c(-c2cccc3c2CCCC3)nc2ccc(Cl)cc21. The predicted octanol–water partition coefficient (Wildman–Crippen LogP) is 5.92. The Hall–Kier alpha value is -2.91. The standard InChI is InChI=1S/C24H19ClN2O/c25-18-13-14-21-22(15-18)27(24(28)17-8-2-1-3-9-17)23(26-21)20-12-6-10-16-7-4-5-11-19(16)20/h1-3,6,8-10,12-15H,4-5,7,11H2. The van der Waals surface area contributed by atoms with Gasteiger partial charge < -0.3 is 0 Å². The summed E-state index contributed by atoms with van der Waals surface area (Å²) in [5.41, 5.74) is 5.88. The molecular weight excluding hydrogens is 368 g/mol. The van der Waals surface area contributed by atoms with Crippen molar-refractivity contribution in [1.82, 2.24) is 9.55 Å². The number of aromatic nitrogens is 2. The summed E-state index contributed by atoms with van der Waals surface area (Å²) in [6.07, 6.45) is 4.49. The van der Waals surface area contributed by atoms with Gasteiger partial charge in [-0.05, 0) is 67.1 Å². The number of fused-ring (bicyclic) bond motifs is 2. The van der Waals surface area contributed by atoms with Gasteiger partial charge in [0, 0.05) is 16.1 Å². The van der Waals surface area contributed by atoms with Gasteiger partial charge in [-0.25, -0.2) is 4.98 Å². The highest BCUT2D eigenvalue weighted by Gasteiger charge is 2.23. The zero-order chi connectivity index (χ0) is 19.1. The Bertz CT molecular complexity index is 1190. The minimum atomic E-state index is -0.0891. The second kappa shape index (κ2) is 6.92. The summed E-state index contributed by atoms with van der Waals surface area (Å²) in [5, 5.41) is 0.594. The molecule has 5 rings (SSSR count). The fraction of sp³-hybridized carbons (Fsp3) is 0.167. The lowest BCUT2D eigenvalue weighted by Gasteiger charge is -2.19. The number of halogens is 1. The zero-order valence-corrected chi connectivity index (χ0v) is 16.1. The highest BCUT2D eigenvalue weighted by molar-refractivity contribution is 6.31. The van der Waals surface area contributed by atoms with E-state index in [2.05, 4.69) is 18.2 Å². The minimum Gasteiger partial charge on any atom is -0.268 e. The van der Waals surface area contributed by atoms with Crippen molar-refractivity contribution in [3.63, 3.8) is 0 Å². The van der Waals surface area contributed by atoms with Gasteiger partial charge in [0.05, 0.1) is 11.0 Å². The van der Waals surface area contributed by atoms with E-state index in [9.17, 15) is 4.79 Å². The molecule has 138 valence electrons. The fourth-order valence-electron chi connectivity index (χ4n) is 4.14. The van der Waals surface area contributed by atoms with Crippen LogP contribution in [0.5, 0.6) is 0 Å². The van der Waals surface area contributed by atoms with Gasteiger partial charge in [-0.15, -0.1) is 0 Å². The molecule has 0 saturated heterocycles. The van der Waals surface area contributed by atoms with Crippen LogP contribution in [-0.2, 0) is 12.8 Å². The van der Waals surface area contributed by atoms with E-state index in [0.29, 0.717) is 16.4 Å². The van der Waals surface area contributed by atoms with Crippen molar-refractivity contribution in [3.05, 3.63) is 88.4 Å². The molecule has 1 heterocycles. The maximum atomic E-state index is 13.5. The summed E-state index contributed by atoms with van der Waals surface area (Å²) in [4.78, 5) is 18.3. The fourth-order valence-corrected chi connectivity index (χ4v) is 4.30. The molecule has 0 unspecified atom stereocenters. The molecule has 0 N–H and O–H groups in total. The third-order valence-corrected chi connectivity index (χ3v) is 5.71. The van der Waals surface area contributed by atoms with Gasteiger partial charge in [-0.2, -0.15) is 0 Å². The van der Waals surface area contributed by atoms with E-state index >= 15 is 0 Å². The van der Waals surface area contributed by atoms with Crippen molar-refractivity contribution in [1.29, 1.82) is 0 Å². The Morgan fingerprint density at radius 3 is 2.61 bits per heavy atom. The van der Waals surface area contributed by atoms with Crippen LogP contribution in [0.3, 0.4) is 0 Å². The Kier molecular flexibility index (Phi) is 4.25. The molecule has 0 spiro atoms. The smallest absolute Gasteiger partial charge is 0.264 e. The molecule has 3 aromatic carbocycles. The van der Waals surface area contributed by atoms with Crippen LogP contribution in [0.4, 0.5) is 0 Å². The quantitative estimate of drug-likeness (QED) is 0.428. The number of carbonyl (C=O) groups is 1. The molecular formula is C24H19ClN2O. The van der Waals surface area contributed by atoms with Crippen molar-refractivity contribution < 1.29 is 4.79 Å². The van der Waals surface area contributed by atoms with Crippen molar-refractivity contribution in [3.8, 4) is 11.4 Å². The number of hydrogen-bond acceptors (Lipinski definition) is 2. The van der Waals surface area contributed by atoms with Crippen LogP contribution in [-0.4, -0.2) is 15.5 Å². The van der Waals surface area contributed by atoms with Crippen LogP contribution in [0.25, 0.3) is 22.4 Å². The molecule has 4 aromatic rings. The number of benzene rings is 3. The monoisotopic (exact) mass is 386 g/mol. The summed E-state index contributed by atoms with van der Waals surface area (Å²) in [7, 11) is 0. The molecule has 1 aliphatic rings. The third kappa shape index (κ3) is 2.83. The number of carbonyl (C=O) groups excluding carboxylic acids is 1. The first-order chi connectivity index (χ1) is 13.7. The van der Waals surface area contributed by atoms with Crippen molar-refractivity contribution >= 4 is 28.5 Å². The zero-order valence-electron chi connectivity index (χ0n) is 15.4. The molecule has 28 heavy (non-hydrogen) atoms. The lowest BCUT2D eigenvalue weighted by atomic mass is 9.88. The summed E-state index contributed by atoms with van der Waals surface area (Å²) in [5.74, 6) is 0.610. The highest BCUT2D eigenvalue weighted by atomic mass is 35.5. The first-order valence-corrected chi connectivity index (χ1v) is 9.99. The summed E-state index contributed by atoms with van der Waals surface area (Å²) < 4.78 is 1.72. The van der Waals surface area contributed by atoms with Crippen molar-refractivity contribution in [2.45, 2.75) is 25.7 Å². The van der Waals surface area contributed by atoms with Crippen LogP contribution < -0.4 is 0 Å². The van der Waals surface area contributed by atoms with E-state index in [0.717, 1.165) is 29.4 Å². The molecule has 3 nitrogen and oxygen atoms in total. The minimum absolute atomic E-state index is 0.0891. The van der Waals surface area contributed by atoms with Gasteiger partial charge in [-0.3, -0.25) is 9.36 Å². The number of hydrogen-bond donors (Lipinski definition) is 0. The summed E-state index contributed by atoms with van der Waals surface area (Å²) in [6.45, 7) is 0. The van der Waals surface area contributed by atoms with Gasteiger partial charge in [0.1, 0.15) is 5.82 Å². The van der Waals surface area contributed by atoms with E-state index in [4.69, 9.17) is 16.6 Å². The van der Waals surface area contributed by atoms with Crippen LogP contribution in [0, 0.1) is 0 Å². The van der Waals surface area contributed by atoms with E-state index in [1.165, 1.54) is 24.0 Å². The average Bonchev–Trinajstić information content (AvgIpc) is 3.11. The molecule has 0 amide bonds. The predicted molar refractivity (Wildman–Crippen MR) is 113 cm³/mol. The maximum Gasteiger partial charge on any atom is 0.264 e. The highest BCUT2D eigenvalue weighted by Crippen LogP contribution is 2.34. The molecule has 1 aliphatic carbocycles. The third-order valence-electron chi connectivity index (χ3n) is 5.48. The van der Waals surface area contributed by atoms with Gasteiger partial charge >= 0.3 is 0 Å². The number of nitrogens with zero attached hydrogens (tertiary/aromatic N) is 2. The first-order valence-electron chi connectivity index (χ1n) is 9.61. The molecule has 0 fully saturated rings. The second-order valence-electron chi connectivity index (χ2n) is 7.23. The summed E-state index contributed by atoms with van der Waals surface area (Å²) in [6, 6.07) is 21.2. The van der Waals surface area contributed by atoms with Gasteiger partial charge in [-0.1, -0.05) is 48.0 Å². The number of imidazole rings is 1. The Balaban J connectivity index is 1.80. The lowest BCUT2D eigenvalue weighted by molar-refractivity contribution is 0.0966. The van der Waals surface area contributed by atoms with Gasteiger partial charge in [0.2, 0.25) is 0 Å². The Morgan fingerprint density at radius 1 is 0.929 bits per heavy atom. The summed E-state index contributed by atoms with van der Waals surface area (Å²) >= 11 is 6.26. The van der Waals surface area contributed by atoms with Crippen LogP contribution in [0.1, 0.15) is 34.3 Å². The molecule has 0 radical (unpaired) electrons. The topological polar surface area (TPSA) is 34.9 Å². The van der Waals surface area contributed by atoms with E-state index < -0.39 is 0 Å². The molecule has 0 saturated carbocycles. The van der Waals surface area contributed by atoms with E-state index in [1.54, 1.807) is 4.57 Å². The average molecular weight is 387 g/mol. The van der Waals surface area contributed by atoms with Crippen LogP contribution in [0.15, 0.2) is 66.7 Å². The number of rotatable bonds is 2. The molecule has 0 aliphatic heterocycles. The molecule has 4 heteroatoms. The van der Waals surface area contributed by atoms with E-state index in [-0.39, 0.29) is 5.91 Å². The second-order valence-corrected chi connectivity index (χ2v) is 7.66. The van der Waals surface area contributed by atoms with Crippen molar-refractivity contribution in [2.75, 3.05) is 0 Å². The Morgan fingerprint density at radius 2 is 1.75 bits per heavy atom. The van der Waals surface area contributed by atoms with E-state index in [1.807, 2.05) is 48.5 Å².